The zero-order chi connectivity index (χ0) is 25.7. The van der Waals surface area contributed by atoms with Crippen molar-refractivity contribution in [3.63, 3.8) is 0 Å². The number of allylic oxidation sites excluding steroid dienone is 4. The van der Waals surface area contributed by atoms with Gasteiger partial charge in [0.15, 0.2) is 5.78 Å². The van der Waals surface area contributed by atoms with E-state index in [9.17, 15) is 19.8 Å². The summed E-state index contributed by atoms with van der Waals surface area (Å²) in [7, 11) is 0. The van der Waals surface area contributed by atoms with Crippen molar-refractivity contribution in [2.24, 2.45) is 17.3 Å². The number of fused-ring (bicyclic) bond motifs is 4. The van der Waals surface area contributed by atoms with Crippen molar-refractivity contribution in [1.29, 1.82) is 0 Å². The van der Waals surface area contributed by atoms with E-state index >= 15 is 0 Å². The average Bonchev–Trinajstić information content (AvgIpc) is 3.21. The molecular weight excluding hydrogens is 460 g/mol. The van der Waals surface area contributed by atoms with E-state index in [1.807, 2.05) is 24.3 Å². The monoisotopic (exact) mass is 494 g/mol. The Morgan fingerprint density at radius 2 is 1.76 bits per heavy atom. The fourth-order valence-electron chi connectivity index (χ4n) is 7.74. The first-order valence-corrected chi connectivity index (χ1v) is 13.6. The molecule has 4 aliphatic carbocycles. The van der Waals surface area contributed by atoms with Gasteiger partial charge in [-0.15, -0.1) is 0 Å². The van der Waals surface area contributed by atoms with Crippen LogP contribution < -0.4 is 0 Å². The second-order valence-corrected chi connectivity index (χ2v) is 11.6. The number of hydrogen-bond donors (Lipinski definition) is 2. The molecule has 0 spiro atoms. The number of ketones is 1. The van der Waals surface area contributed by atoms with Gasteiger partial charge in [0, 0.05) is 12.3 Å². The molecule has 5 unspecified atom stereocenters. The first-order chi connectivity index (χ1) is 17.8. The van der Waals surface area contributed by atoms with E-state index < -0.39 is 5.97 Å². The second kappa shape index (κ2) is 9.25. The maximum absolute atomic E-state index is 12.2. The van der Waals surface area contributed by atoms with E-state index in [1.165, 1.54) is 16.7 Å². The molecule has 190 valence electrons. The van der Waals surface area contributed by atoms with Crippen LogP contribution in [-0.4, -0.2) is 28.1 Å². The lowest BCUT2D eigenvalue weighted by molar-refractivity contribution is -0.114. The molecule has 0 radical (unpaired) electrons. The molecule has 0 aliphatic heterocycles. The zero-order valence-corrected chi connectivity index (χ0v) is 21.3. The SMILES string of the molecule is CC12CC(c3ccc(/C=C/c4cccc(C(=O)O)c4)cc3)C3=C4CCC(=O)C=C4CCC3C1CCC2O. The third kappa shape index (κ3) is 4.21. The number of carbonyl (C=O) groups is 2. The quantitative estimate of drug-likeness (QED) is 0.458. The Balaban J connectivity index is 1.34. The largest absolute Gasteiger partial charge is 0.478 e. The van der Waals surface area contributed by atoms with E-state index in [0.717, 1.165) is 49.7 Å². The van der Waals surface area contributed by atoms with Crippen molar-refractivity contribution in [2.75, 3.05) is 0 Å². The predicted molar refractivity (Wildman–Crippen MR) is 145 cm³/mol. The molecule has 2 aromatic carbocycles. The van der Waals surface area contributed by atoms with Gasteiger partial charge in [0.1, 0.15) is 0 Å². The molecule has 0 amide bonds. The lowest BCUT2D eigenvalue weighted by atomic mass is 9.53. The smallest absolute Gasteiger partial charge is 0.335 e. The third-order valence-corrected chi connectivity index (χ3v) is 9.62. The molecule has 6 rings (SSSR count). The lowest BCUT2D eigenvalue weighted by Crippen LogP contribution is -2.45. The maximum Gasteiger partial charge on any atom is 0.335 e. The van der Waals surface area contributed by atoms with Gasteiger partial charge in [0.2, 0.25) is 0 Å². The Morgan fingerprint density at radius 3 is 2.54 bits per heavy atom. The lowest BCUT2D eigenvalue weighted by Gasteiger charge is -2.52. The first kappa shape index (κ1) is 24.1. The summed E-state index contributed by atoms with van der Waals surface area (Å²) in [6.07, 6.45) is 12.1. The number of aliphatic hydroxyl groups is 1. The van der Waals surface area contributed by atoms with Crippen molar-refractivity contribution < 1.29 is 19.8 Å². The Morgan fingerprint density at radius 1 is 0.973 bits per heavy atom. The van der Waals surface area contributed by atoms with Crippen molar-refractivity contribution in [3.05, 3.63) is 93.6 Å². The third-order valence-electron chi connectivity index (χ3n) is 9.62. The summed E-state index contributed by atoms with van der Waals surface area (Å²) in [5, 5.41) is 20.3. The van der Waals surface area contributed by atoms with Crippen molar-refractivity contribution in [2.45, 2.75) is 63.9 Å². The maximum atomic E-state index is 12.2. The van der Waals surface area contributed by atoms with Gasteiger partial charge >= 0.3 is 5.97 Å². The molecule has 2 N–H and O–H groups in total. The first-order valence-electron chi connectivity index (χ1n) is 13.6. The van der Waals surface area contributed by atoms with Gasteiger partial charge in [-0.3, -0.25) is 4.79 Å². The molecule has 0 bridgehead atoms. The summed E-state index contributed by atoms with van der Waals surface area (Å²) in [4.78, 5) is 23.5. The van der Waals surface area contributed by atoms with Crippen LogP contribution in [-0.2, 0) is 4.79 Å². The summed E-state index contributed by atoms with van der Waals surface area (Å²) >= 11 is 0. The predicted octanol–water partition coefficient (Wildman–Crippen LogP) is 6.82. The van der Waals surface area contributed by atoms with Gasteiger partial charge in [-0.2, -0.15) is 0 Å². The van der Waals surface area contributed by atoms with Crippen molar-refractivity contribution in [3.8, 4) is 0 Å². The highest BCUT2D eigenvalue weighted by atomic mass is 16.4. The summed E-state index contributed by atoms with van der Waals surface area (Å²) < 4.78 is 0. The molecule has 0 aromatic heterocycles. The van der Waals surface area contributed by atoms with Crippen LogP contribution in [0.5, 0.6) is 0 Å². The van der Waals surface area contributed by atoms with Crippen LogP contribution in [0.25, 0.3) is 12.2 Å². The highest BCUT2D eigenvalue weighted by Gasteiger charge is 2.56. The number of carboxylic acids is 1. The number of hydrogen-bond acceptors (Lipinski definition) is 3. The highest BCUT2D eigenvalue weighted by Crippen LogP contribution is 2.63. The Labute approximate surface area is 218 Å². The molecule has 37 heavy (non-hydrogen) atoms. The van der Waals surface area contributed by atoms with Gasteiger partial charge in [-0.1, -0.05) is 61.0 Å². The van der Waals surface area contributed by atoms with Crippen LogP contribution in [0.3, 0.4) is 0 Å². The van der Waals surface area contributed by atoms with Gasteiger partial charge in [0.25, 0.3) is 0 Å². The fraction of sp³-hybridized carbons (Fsp3) is 0.394. The number of benzene rings is 2. The molecule has 0 heterocycles. The van der Waals surface area contributed by atoms with Gasteiger partial charge in [-0.05, 0) is 102 Å². The second-order valence-electron chi connectivity index (χ2n) is 11.6. The van der Waals surface area contributed by atoms with Gasteiger partial charge < -0.3 is 10.2 Å². The molecule has 2 aromatic rings. The summed E-state index contributed by atoms with van der Waals surface area (Å²) in [5.74, 6) is 0.603. The zero-order valence-electron chi connectivity index (χ0n) is 21.3. The minimum absolute atomic E-state index is 0.0706. The molecule has 2 saturated carbocycles. The number of carbonyl (C=O) groups excluding carboxylic acids is 1. The standard InChI is InChI=1S/C33H34O4/c1-33-19-28(22-9-7-20(8-10-22)5-6-21-3-2-4-24(17-21)32(36)37)31-26-14-12-25(34)18-23(26)11-13-27(31)29(33)15-16-30(33)35/h2-10,17-18,27-30,35H,11-16,19H2,1H3,(H,36,37)/b6-5+. The van der Waals surface area contributed by atoms with Crippen molar-refractivity contribution in [1.82, 2.24) is 0 Å². The molecule has 2 fully saturated rings. The molecule has 4 nitrogen and oxygen atoms in total. The topological polar surface area (TPSA) is 74.6 Å². The molecular formula is C33H34O4. The van der Waals surface area contributed by atoms with Crippen molar-refractivity contribution >= 4 is 23.9 Å². The summed E-state index contributed by atoms with van der Waals surface area (Å²) in [6, 6.07) is 15.7. The number of rotatable bonds is 4. The van der Waals surface area contributed by atoms with Gasteiger partial charge in [0.05, 0.1) is 11.7 Å². The van der Waals surface area contributed by atoms with Gasteiger partial charge in [-0.25, -0.2) is 4.79 Å². The van der Waals surface area contributed by atoms with Crippen LogP contribution in [0.2, 0.25) is 0 Å². The summed E-state index contributed by atoms with van der Waals surface area (Å²) in [5.41, 5.74) is 7.67. The van der Waals surface area contributed by atoms with E-state index in [2.05, 4.69) is 31.2 Å². The number of aliphatic hydroxyl groups excluding tert-OH is 1. The average molecular weight is 495 g/mol. The molecule has 0 saturated heterocycles. The highest BCUT2D eigenvalue weighted by molar-refractivity contribution is 5.93. The van der Waals surface area contributed by atoms with Crippen LogP contribution in [0.15, 0.2) is 71.3 Å². The fourth-order valence-corrected chi connectivity index (χ4v) is 7.74. The van der Waals surface area contributed by atoms with Crippen LogP contribution in [0.1, 0.15) is 84.8 Å². The van der Waals surface area contributed by atoms with E-state index in [1.54, 1.807) is 23.8 Å². The minimum atomic E-state index is -0.924. The summed E-state index contributed by atoms with van der Waals surface area (Å²) in [6.45, 7) is 2.31. The van der Waals surface area contributed by atoms with E-state index in [4.69, 9.17) is 0 Å². The molecule has 5 atom stereocenters. The molecule has 4 aliphatic rings. The van der Waals surface area contributed by atoms with E-state index in [-0.39, 0.29) is 28.8 Å². The minimum Gasteiger partial charge on any atom is -0.478 e. The van der Waals surface area contributed by atoms with Crippen LogP contribution in [0.4, 0.5) is 0 Å². The van der Waals surface area contributed by atoms with Crippen LogP contribution in [0, 0.1) is 17.3 Å². The normalized spacial score (nSPS) is 31.1. The Kier molecular flexibility index (Phi) is 6.03. The van der Waals surface area contributed by atoms with E-state index in [0.29, 0.717) is 18.3 Å². The molecule has 4 heteroatoms. The number of aromatic carboxylic acids is 1. The Hall–Kier alpha value is -3.24. The Bertz CT molecular complexity index is 1340. The van der Waals surface area contributed by atoms with Crippen LogP contribution >= 0.6 is 0 Å². The number of carboxylic acid groups (broad SMARTS) is 1.